The summed E-state index contributed by atoms with van der Waals surface area (Å²) in [7, 11) is 0. The lowest BCUT2D eigenvalue weighted by Gasteiger charge is -2.23. The fourth-order valence-corrected chi connectivity index (χ4v) is 5.74. The number of amides is 1. The molecule has 0 unspecified atom stereocenters. The number of hydrogen-bond acceptors (Lipinski definition) is 6. The normalized spacial score (nSPS) is 16.4. The van der Waals surface area contributed by atoms with Crippen LogP contribution in [0.25, 0.3) is 0 Å². The molecule has 176 valence electrons. The molecule has 1 saturated carbocycles. The van der Waals surface area contributed by atoms with Crippen molar-refractivity contribution < 1.29 is 19.1 Å². The molecule has 0 saturated heterocycles. The number of ether oxygens (including phenoxy) is 2. The molecule has 33 heavy (non-hydrogen) atoms. The molecule has 1 amide bonds. The maximum atomic E-state index is 13.3. The Labute approximate surface area is 199 Å². The van der Waals surface area contributed by atoms with E-state index in [4.69, 9.17) is 14.5 Å². The van der Waals surface area contributed by atoms with E-state index in [-0.39, 0.29) is 24.5 Å². The number of benzene rings is 1. The molecule has 2 aromatic rings. The summed E-state index contributed by atoms with van der Waals surface area (Å²) in [6.07, 6.45) is 11.9. The summed E-state index contributed by atoms with van der Waals surface area (Å²) in [6, 6.07) is 7.66. The van der Waals surface area contributed by atoms with E-state index in [2.05, 4.69) is 5.32 Å². The molecule has 1 heterocycles. The van der Waals surface area contributed by atoms with Crippen molar-refractivity contribution in [1.29, 1.82) is 0 Å². The molecule has 1 aromatic carbocycles. The Morgan fingerprint density at radius 2 is 1.85 bits per heavy atom. The first kappa shape index (κ1) is 23.5. The van der Waals surface area contributed by atoms with Gasteiger partial charge in [-0.15, -0.1) is 11.3 Å². The van der Waals surface area contributed by atoms with E-state index < -0.39 is 0 Å². The third-order valence-corrected chi connectivity index (χ3v) is 7.39. The van der Waals surface area contributed by atoms with Crippen LogP contribution in [0.4, 0.5) is 5.00 Å². The van der Waals surface area contributed by atoms with E-state index in [1.165, 1.54) is 36.1 Å². The summed E-state index contributed by atoms with van der Waals surface area (Å²) in [4.78, 5) is 30.8. The third-order valence-electron chi connectivity index (χ3n) is 6.19. The minimum absolute atomic E-state index is 0.0381. The van der Waals surface area contributed by atoms with Gasteiger partial charge in [0, 0.05) is 17.1 Å². The summed E-state index contributed by atoms with van der Waals surface area (Å²) in [5.41, 5.74) is 2.89. The monoisotopic (exact) mass is 468 g/mol. The molecular weight excluding hydrogens is 436 g/mol. The summed E-state index contributed by atoms with van der Waals surface area (Å²) in [5.74, 6) is 0.249. The molecule has 2 aliphatic carbocycles. The number of aryl methyl sites for hydroxylation is 1. The average Bonchev–Trinajstić information content (AvgIpc) is 3.21. The highest BCUT2D eigenvalue weighted by Gasteiger charge is 2.27. The van der Waals surface area contributed by atoms with Crippen LogP contribution in [0.5, 0.6) is 5.75 Å². The molecule has 1 aromatic heterocycles. The van der Waals surface area contributed by atoms with Gasteiger partial charge in [-0.05, 0) is 80.8 Å². The smallest absolute Gasteiger partial charge is 0.344 e. The molecule has 0 radical (unpaired) electrons. The number of esters is 1. The van der Waals surface area contributed by atoms with Crippen molar-refractivity contribution in [3.63, 3.8) is 0 Å². The van der Waals surface area contributed by atoms with Gasteiger partial charge in [-0.1, -0.05) is 19.3 Å². The number of hydrogen-bond donors (Lipinski definition) is 1. The van der Waals surface area contributed by atoms with Crippen molar-refractivity contribution in [2.45, 2.75) is 70.8 Å². The Hall–Kier alpha value is -2.67. The molecule has 4 rings (SSSR count). The minimum atomic E-state index is -0.385. The first-order valence-corrected chi connectivity index (χ1v) is 12.8. The first-order chi connectivity index (χ1) is 16.1. The second-order valence-corrected chi connectivity index (χ2v) is 9.70. The average molecular weight is 469 g/mol. The number of nitrogens with zero attached hydrogens (tertiary/aromatic N) is 1. The number of rotatable bonds is 8. The van der Waals surface area contributed by atoms with E-state index in [1.807, 2.05) is 12.1 Å². The molecule has 6 nitrogen and oxygen atoms in total. The highest BCUT2D eigenvalue weighted by atomic mass is 32.1. The Bertz CT molecular complexity index is 990. The Kier molecular flexibility index (Phi) is 8.15. The SMILES string of the molecule is CCOC(=O)COc1ccc(C=Nc2sc3c(c2C(=O)NC2CCCCC2)CCCC3)cc1. The second kappa shape index (κ2) is 11.5. The van der Waals surface area contributed by atoms with Gasteiger partial charge in [-0.3, -0.25) is 4.79 Å². The molecule has 1 fully saturated rings. The number of aliphatic imine (C=N–C) groups is 1. The van der Waals surface area contributed by atoms with Crippen molar-refractivity contribution in [1.82, 2.24) is 5.32 Å². The number of thiophene rings is 1. The van der Waals surface area contributed by atoms with Crippen molar-refractivity contribution in [3.8, 4) is 5.75 Å². The molecule has 0 spiro atoms. The topological polar surface area (TPSA) is 77.0 Å². The predicted molar refractivity (Wildman–Crippen MR) is 131 cm³/mol. The molecule has 7 heteroatoms. The van der Waals surface area contributed by atoms with Crippen LogP contribution in [-0.4, -0.2) is 37.3 Å². The number of carbonyl (C=O) groups is 2. The van der Waals surface area contributed by atoms with Crippen LogP contribution in [0.15, 0.2) is 29.3 Å². The number of fused-ring (bicyclic) bond motifs is 1. The van der Waals surface area contributed by atoms with E-state index in [1.54, 1.807) is 36.6 Å². The lowest BCUT2D eigenvalue weighted by molar-refractivity contribution is -0.145. The standard InChI is InChI=1S/C26H32N2O4S/c1-2-31-23(29)17-32-20-14-12-18(13-15-20)16-27-26-24(21-10-6-7-11-22(21)33-26)25(30)28-19-8-4-3-5-9-19/h12-16,19H,2-11,17H2,1H3,(H,28,30). The van der Waals surface area contributed by atoms with Crippen LogP contribution in [0.3, 0.4) is 0 Å². The minimum Gasteiger partial charge on any atom is -0.482 e. The van der Waals surface area contributed by atoms with Gasteiger partial charge in [0.15, 0.2) is 6.61 Å². The van der Waals surface area contributed by atoms with Crippen LogP contribution in [-0.2, 0) is 22.4 Å². The molecule has 0 bridgehead atoms. The largest absolute Gasteiger partial charge is 0.482 e. The van der Waals surface area contributed by atoms with Gasteiger partial charge in [0.25, 0.3) is 5.91 Å². The van der Waals surface area contributed by atoms with Crippen LogP contribution in [0, 0.1) is 0 Å². The first-order valence-electron chi connectivity index (χ1n) is 12.0. The maximum Gasteiger partial charge on any atom is 0.344 e. The molecule has 0 aliphatic heterocycles. The molecule has 1 N–H and O–H groups in total. The van der Waals surface area contributed by atoms with Gasteiger partial charge in [-0.25, -0.2) is 9.79 Å². The Morgan fingerprint density at radius 3 is 2.61 bits per heavy atom. The fourth-order valence-electron chi connectivity index (χ4n) is 4.51. The van der Waals surface area contributed by atoms with E-state index in [0.717, 1.165) is 48.2 Å². The van der Waals surface area contributed by atoms with Gasteiger partial charge < -0.3 is 14.8 Å². The van der Waals surface area contributed by atoms with Crippen LogP contribution in [0.2, 0.25) is 0 Å². The maximum absolute atomic E-state index is 13.3. The lowest BCUT2D eigenvalue weighted by atomic mass is 9.93. The van der Waals surface area contributed by atoms with Gasteiger partial charge >= 0.3 is 5.97 Å². The van der Waals surface area contributed by atoms with Crippen molar-refractivity contribution in [3.05, 3.63) is 45.8 Å². The zero-order valence-corrected chi connectivity index (χ0v) is 20.0. The van der Waals surface area contributed by atoms with Crippen LogP contribution in [0.1, 0.15) is 78.2 Å². The van der Waals surface area contributed by atoms with Crippen molar-refractivity contribution >= 4 is 34.4 Å². The van der Waals surface area contributed by atoms with E-state index in [0.29, 0.717) is 12.4 Å². The van der Waals surface area contributed by atoms with Crippen molar-refractivity contribution in [2.75, 3.05) is 13.2 Å². The van der Waals surface area contributed by atoms with E-state index >= 15 is 0 Å². The number of carbonyl (C=O) groups excluding carboxylic acids is 2. The quantitative estimate of drug-likeness (QED) is 0.417. The summed E-state index contributed by atoms with van der Waals surface area (Å²) >= 11 is 1.66. The number of nitrogens with one attached hydrogen (secondary N) is 1. The van der Waals surface area contributed by atoms with Crippen LogP contribution < -0.4 is 10.1 Å². The summed E-state index contributed by atoms with van der Waals surface area (Å²) in [5, 5.41) is 4.09. The lowest BCUT2D eigenvalue weighted by Crippen LogP contribution is -2.36. The van der Waals surface area contributed by atoms with Gasteiger partial charge in [0.05, 0.1) is 12.2 Å². The Balaban J connectivity index is 1.47. The summed E-state index contributed by atoms with van der Waals surface area (Å²) in [6.45, 7) is 1.99. The highest BCUT2D eigenvalue weighted by molar-refractivity contribution is 7.16. The van der Waals surface area contributed by atoms with Crippen molar-refractivity contribution in [2.24, 2.45) is 4.99 Å². The fraction of sp³-hybridized carbons (Fsp3) is 0.500. The third kappa shape index (κ3) is 6.22. The zero-order valence-electron chi connectivity index (χ0n) is 19.2. The predicted octanol–water partition coefficient (Wildman–Crippen LogP) is 5.38. The van der Waals surface area contributed by atoms with Gasteiger partial charge in [-0.2, -0.15) is 0 Å². The molecule has 2 aliphatic rings. The summed E-state index contributed by atoms with van der Waals surface area (Å²) < 4.78 is 10.3. The highest BCUT2D eigenvalue weighted by Crippen LogP contribution is 2.40. The zero-order chi connectivity index (χ0) is 23.0. The second-order valence-electron chi connectivity index (χ2n) is 8.62. The molecular formula is C26H32N2O4S. The van der Waals surface area contributed by atoms with E-state index in [9.17, 15) is 9.59 Å². The van der Waals surface area contributed by atoms with Gasteiger partial charge in [0.1, 0.15) is 10.8 Å². The van der Waals surface area contributed by atoms with Crippen LogP contribution >= 0.6 is 11.3 Å². The molecule has 0 atom stereocenters. The Morgan fingerprint density at radius 1 is 1.09 bits per heavy atom. The van der Waals surface area contributed by atoms with Gasteiger partial charge in [0.2, 0.25) is 0 Å².